The normalized spacial score (nSPS) is 15.9. The molecule has 0 saturated carbocycles. The minimum Gasteiger partial charge on any atom is -0.497 e. The summed E-state index contributed by atoms with van der Waals surface area (Å²) >= 11 is 2.15. The molecule has 0 aliphatic carbocycles. The molecule has 4 rings (SSSR count). The van der Waals surface area contributed by atoms with E-state index in [-0.39, 0.29) is 34.8 Å². The fourth-order valence-electron chi connectivity index (χ4n) is 3.96. The number of carbonyl (C=O) groups excluding carboxylic acids is 3. The molecule has 5 N–H and O–H groups in total. The maximum Gasteiger partial charge on any atom is 0.270 e. The zero-order valence-electron chi connectivity index (χ0n) is 19.6. The Bertz CT molecular complexity index is 1210. The second-order valence-electron chi connectivity index (χ2n) is 8.22. The average Bonchev–Trinajstić information content (AvgIpc) is 3.65. The van der Waals surface area contributed by atoms with E-state index in [1.165, 1.54) is 16.2 Å². The van der Waals surface area contributed by atoms with Crippen molar-refractivity contribution in [3.05, 3.63) is 62.8 Å². The molecule has 1 fully saturated rings. The first-order chi connectivity index (χ1) is 17.4. The van der Waals surface area contributed by atoms with Gasteiger partial charge in [-0.15, -0.1) is 11.3 Å². The van der Waals surface area contributed by atoms with Gasteiger partial charge in [0.25, 0.3) is 11.8 Å². The summed E-state index contributed by atoms with van der Waals surface area (Å²) in [4.78, 5) is 41.3. The molecule has 0 unspecified atom stereocenters. The number of nitrogens with one attached hydrogen (secondary N) is 1. The van der Waals surface area contributed by atoms with Gasteiger partial charge in [-0.3, -0.25) is 14.4 Å². The van der Waals surface area contributed by atoms with E-state index in [1.807, 2.05) is 23.6 Å². The summed E-state index contributed by atoms with van der Waals surface area (Å²) in [6.45, 7) is 1.12. The van der Waals surface area contributed by atoms with Gasteiger partial charge in [0.05, 0.1) is 18.9 Å². The van der Waals surface area contributed by atoms with Gasteiger partial charge in [0.1, 0.15) is 16.7 Å². The van der Waals surface area contributed by atoms with E-state index in [4.69, 9.17) is 20.9 Å². The van der Waals surface area contributed by atoms with Crippen molar-refractivity contribution in [1.82, 2.24) is 14.6 Å². The monoisotopic (exact) mass is 529 g/mol. The number of methoxy groups -OCH3 is 1. The van der Waals surface area contributed by atoms with Gasteiger partial charge in [-0.2, -0.15) is 4.37 Å². The van der Waals surface area contributed by atoms with E-state index in [0.29, 0.717) is 23.8 Å². The minimum atomic E-state index is -0.945. The third kappa shape index (κ3) is 5.66. The van der Waals surface area contributed by atoms with Crippen LogP contribution in [0.15, 0.2) is 41.8 Å². The Kier molecular flexibility index (Phi) is 8.18. The van der Waals surface area contributed by atoms with E-state index >= 15 is 0 Å². The maximum atomic E-state index is 13.9. The van der Waals surface area contributed by atoms with Gasteiger partial charge in [0.15, 0.2) is 5.69 Å². The number of thiophene rings is 1. The summed E-state index contributed by atoms with van der Waals surface area (Å²) in [7, 11) is 1.57. The van der Waals surface area contributed by atoms with Crippen molar-refractivity contribution in [1.29, 1.82) is 0 Å². The second kappa shape index (κ2) is 11.5. The van der Waals surface area contributed by atoms with Gasteiger partial charge in [0.2, 0.25) is 5.91 Å². The SMILES string of the molecule is COc1ccc(CN(C(=O)c2snc(C(N)=O)c2N)[C@@H](C(=O)NC[C@@H]2CCCO2)c2cccs2)cc1. The topological polar surface area (TPSA) is 150 Å². The van der Waals surface area contributed by atoms with E-state index in [0.717, 1.165) is 29.9 Å². The Balaban J connectivity index is 1.70. The number of benzene rings is 1. The van der Waals surface area contributed by atoms with Crippen LogP contribution in [0.1, 0.15) is 49.5 Å². The number of carbonyl (C=O) groups is 3. The highest BCUT2D eigenvalue weighted by atomic mass is 32.1. The molecule has 2 aromatic heterocycles. The molecule has 1 aromatic carbocycles. The molecule has 2 atom stereocenters. The first-order valence-electron chi connectivity index (χ1n) is 11.3. The first-order valence-corrected chi connectivity index (χ1v) is 13.0. The number of nitrogens with two attached hydrogens (primary N) is 2. The fourth-order valence-corrected chi connectivity index (χ4v) is 5.55. The fraction of sp³-hybridized carbons (Fsp3) is 0.333. The highest BCUT2D eigenvalue weighted by Crippen LogP contribution is 2.32. The van der Waals surface area contributed by atoms with Crippen LogP contribution in [0.3, 0.4) is 0 Å². The van der Waals surface area contributed by atoms with Crippen molar-refractivity contribution in [3.8, 4) is 5.75 Å². The van der Waals surface area contributed by atoms with E-state index in [9.17, 15) is 14.4 Å². The lowest BCUT2D eigenvalue weighted by Crippen LogP contribution is -2.44. The van der Waals surface area contributed by atoms with Gasteiger partial charge in [-0.1, -0.05) is 18.2 Å². The molecule has 1 aliphatic rings. The molecule has 12 heteroatoms. The quantitative estimate of drug-likeness (QED) is 0.365. The van der Waals surface area contributed by atoms with Gasteiger partial charge in [-0.05, 0) is 53.5 Å². The highest BCUT2D eigenvalue weighted by molar-refractivity contribution is 7.10. The summed E-state index contributed by atoms with van der Waals surface area (Å²) in [6, 6.07) is 9.88. The van der Waals surface area contributed by atoms with Gasteiger partial charge < -0.3 is 31.2 Å². The predicted molar refractivity (Wildman–Crippen MR) is 137 cm³/mol. The highest BCUT2D eigenvalue weighted by Gasteiger charge is 2.36. The standard InChI is InChI=1S/C24H27N5O5S2/c1-33-15-8-6-14(7-9-15)13-29(24(32)21-18(25)19(22(26)30)28-36-21)20(17-5-3-11-35-17)23(31)27-12-16-4-2-10-34-16/h3,5-9,11,16,20H,2,4,10,12-13,25H2,1H3,(H2,26,30)(H,27,31)/t16-,20+/m0/s1. The lowest BCUT2D eigenvalue weighted by atomic mass is 10.1. The molecular weight excluding hydrogens is 502 g/mol. The molecule has 190 valence electrons. The van der Waals surface area contributed by atoms with Crippen molar-refractivity contribution < 1.29 is 23.9 Å². The number of nitrogen functional groups attached to an aromatic ring is 1. The zero-order chi connectivity index (χ0) is 25.7. The smallest absolute Gasteiger partial charge is 0.270 e. The Morgan fingerprint density at radius 1 is 1.28 bits per heavy atom. The molecule has 0 spiro atoms. The van der Waals surface area contributed by atoms with Crippen LogP contribution >= 0.6 is 22.9 Å². The van der Waals surface area contributed by atoms with Crippen LogP contribution in [-0.4, -0.2) is 53.4 Å². The molecule has 3 heterocycles. The summed E-state index contributed by atoms with van der Waals surface area (Å²) in [6.07, 6.45) is 1.76. The number of rotatable bonds is 10. The maximum absolute atomic E-state index is 13.9. The number of hydrogen-bond donors (Lipinski definition) is 3. The minimum absolute atomic E-state index is 0.0470. The van der Waals surface area contributed by atoms with E-state index < -0.39 is 17.9 Å². The third-order valence-corrected chi connectivity index (χ3v) is 7.60. The summed E-state index contributed by atoms with van der Waals surface area (Å²) < 4.78 is 14.8. The Morgan fingerprint density at radius 2 is 2.06 bits per heavy atom. The van der Waals surface area contributed by atoms with Gasteiger partial charge >= 0.3 is 0 Å². The number of ether oxygens (including phenoxy) is 2. The number of nitrogens with zero attached hydrogens (tertiary/aromatic N) is 2. The Hall–Kier alpha value is -3.48. The number of anilines is 1. The number of primary amides is 1. The largest absolute Gasteiger partial charge is 0.497 e. The van der Waals surface area contributed by atoms with Crippen molar-refractivity contribution in [2.75, 3.05) is 26.0 Å². The number of amides is 3. The summed E-state index contributed by atoms with van der Waals surface area (Å²) in [5.74, 6) is -1.03. The molecule has 3 amide bonds. The molecule has 0 bridgehead atoms. The van der Waals surface area contributed by atoms with Crippen LogP contribution in [-0.2, 0) is 16.1 Å². The van der Waals surface area contributed by atoms with Crippen molar-refractivity contribution in [2.24, 2.45) is 5.73 Å². The molecule has 1 saturated heterocycles. The third-order valence-electron chi connectivity index (χ3n) is 5.83. The van der Waals surface area contributed by atoms with Crippen LogP contribution in [0.5, 0.6) is 5.75 Å². The molecule has 10 nitrogen and oxygen atoms in total. The van der Waals surface area contributed by atoms with E-state index in [1.54, 1.807) is 25.3 Å². The molecule has 1 aliphatic heterocycles. The van der Waals surface area contributed by atoms with Crippen molar-refractivity contribution in [2.45, 2.75) is 31.5 Å². The lowest BCUT2D eigenvalue weighted by molar-refractivity contribution is -0.126. The second-order valence-corrected chi connectivity index (χ2v) is 9.97. The number of aromatic nitrogens is 1. The van der Waals surface area contributed by atoms with Crippen LogP contribution in [0.2, 0.25) is 0 Å². The summed E-state index contributed by atoms with van der Waals surface area (Å²) in [5, 5.41) is 4.80. The molecule has 36 heavy (non-hydrogen) atoms. The van der Waals surface area contributed by atoms with Crippen LogP contribution in [0.4, 0.5) is 5.69 Å². The Morgan fingerprint density at radius 3 is 2.64 bits per heavy atom. The van der Waals surface area contributed by atoms with Crippen LogP contribution in [0, 0.1) is 0 Å². The van der Waals surface area contributed by atoms with Gasteiger partial charge in [0, 0.05) is 24.6 Å². The van der Waals surface area contributed by atoms with Crippen molar-refractivity contribution >= 4 is 46.3 Å². The molecule has 3 aromatic rings. The first kappa shape index (κ1) is 25.6. The zero-order valence-corrected chi connectivity index (χ0v) is 21.3. The molecule has 0 radical (unpaired) electrons. The average molecular weight is 530 g/mol. The van der Waals surface area contributed by atoms with E-state index in [2.05, 4.69) is 9.69 Å². The molecular formula is C24H27N5O5S2. The van der Waals surface area contributed by atoms with Crippen molar-refractivity contribution in [3.63, 3.8) is 0 Å². The number of hydrogen-bond acceptors (Lipinski definition) is 9. The van der Waals surface area contributed by atoms with Crippen LogP contribution in [0.25, 0.3) is 0 Å². The summed E-state index contributed by atoms with van der Waals surface area (Å²) in [5.41, 5.74) is 11.9. The Labute approximate surface area is 216 Å². The van der Waals surface area contributed by atoms with Gasteiger partial charge in [-0.25, -0.2) is 0 Å². The van der Waals surface area contributed by atoms with Crippen LogP contribution < -0.4 is 21.5 Å². The predicted octanol–water partition coefficient (Wildman–Crippen LogP) is 2.57. The lowest BCUT2D eigenvalue weighted by Gasteiger charge is -2.30.